The first kappa shape index (κ1) is 22.0. The van der Waals surface area contributed by atoms with Gasteiger partial charge in [0, 0.05) is 21.2 Å². The van der Waals surface area contributed by atoms with Crippen LogP contribution in [-0.4, -0.2) is 6.03 Å². The molecule has 3 aromatic carbocycles. The zero-order valence-electron chi connectivity index (χ0n) is 18.3. The van der Waals surface area contributed by atoms with E-state index in [2.05, 4.69) is 87.7 Å². The molecular formula is C26H30N2OS. The summed E-state index contributed by atoms with van der Waals surface area (Å²) in [4.78, 5) is 15.0. The largest absolute Gasteiger partial charge is 0.323 e. The molecule has 0 aliphatic heterocycles. The van der Waals surface area contributed by atoms with E-state index in [-0.39, 0.29) is 6.03 Å². The van der Waals surface area contributed by atoms with Gasteiger partial charge < -0.3 is 10.6 Å². The number of carbonyl (C=O) groups is 1. The summed E-state index contributed by atoms with van der Waals surface area (Å²) in [5.41, 5.74) is 5.26. The third kappa shape index (κ3) is 5.67. The number of aryl methyl sites for hydroxylation is 1. The van der Waals surface area contributed by atoms with Gasteiger partial charge >= 0.3 is 6.03 Å². The minimum absolute atomic E-state index is 0.219. The molecule has 0 heterocycles. The van der Waals surface area contributed by atoms with Gasteiger partial charge in [-0.3, -0.25) is 0 Å². The second-order valence-corrected chi connectivity index (χ2v) is 9.29. The number of para-hydroxylation sites is 1. The third-order valence-electron chi connectivity index (χ3n) is 4.98. The van der Waals surface area contributed by atoms with Crippen molar-refractivity contribution in [3.05, 3.63) is 83.4 Å². The van der Waals surface area contributed by atoms with Crippen LogP contribution in [0.2, 0.25) is 0 Å². The lowest BCUT2D eigenvalue weighted by Crippen LogP contribution is -2.21. The van der Waals surface area contributed by atoms with Gasteiger partial charge in [0.1, 0.15) is 0 Å². The maximum atomic E-state index is 12.7. The van der Waals surface area contributed by atoms with Crippen LogP contribution in [0.3, 0.4) is 0 Å². The number of anilines is 2. The predicted molar refractivity (Wildman–Crippen MR) is 129 cm³/mol. The molecule has 0 atom stereocenters. The van der Waals surface area contributed by atoms with E-state index in [9.17, 15) is 4.79 Å². The Labute approximate surface area is 184 Å². The lowest BCUT2D eigenvalue weighted by atomic mass is 9.93. The van der Waals surface area contributed by atoms with Crippen molar-refractivity contribution in [3.63, 3.8) is 0 Å². The van der Waals surface area contributed by atoms with Gasteiger partial charge in [-0.15, -0.1) is 0 Å². The molecule has 156 valence electrons. The minimum atomic E-state index is -0.219. The van der Waals surface area contributed by atoms with Crippen molar-refractivity contribution in [3.8, 4) is 0 Å². The lowest BCUT2D eigenvalue weighted by molar-refractivity contribution is 0.262. The van der Waals surface area contributed by atoms with Crippen molar-refractivity contribution in [1.29, 1.82) is 0 Å². The molecule has 0 aliphatic carbocycles. The fourth-order valence-corrected chi connectivity index (χ4v) is 4.14. The zero-order chi connectivity index (χ0) is 21.7. The van der Waals surface area contributed by atoms with Gasteiger partial charge in [0.25, 0.3) is 0 Å². The number of amides is 2. The van der Waals surface area contributed by atoms with Crippen molar-refractivity contribution in [2.24, 2.45) is 0 Å². The highest BCUT2D eigenvalue weighted by atomic mass is 32.2. The van der Waals surface area contributed by atoms with Gasteiger partial charge in [0.15, 0.2) is 0 Å². The Balaban J connectivity index is 1.69. The van der Waals surface area contributed by atoms with Gasteiger partial charge in [0.2, 0.25) is 0 Å². The first-order chi connectivity index (χ1) is 14.3. The number of hydrogen-bond acceptors (Lipinski definition) is 2. The summed E-state index contributed by atoms with van der Waals surface area (Å²) in [5, 5.41) is 6.06. The maximum Gasteiger partial charge on any atom is 0.323 e. The van der Waals surface area contributed by atoms with Crippen LogP contribution < -0.4 is 10.6 Å². The van der Waals surface area contributed by atoms with E-state index in [0.717, 1.165) is 27.4 Å². The standard InChI is InChI=1S/C26H30N2OS/c1-17(2)23-7-6-8-24(18(3)4)25(23)28-26(29)27-20-11-15-22(16-12-20)30-21-13-9-19(5)10-14-21/h6-18H,1-5H3,(H2,27,28,29). The van der Waals surface area contributed by atoms with Crippen LogP contribution in [0.1, 0.15) is 56.2 Å². The SMILES string of the molecule is Cc1ccc(Sc2ccc(NC(=O)Nc3c(C(C)C)cccc3C(C)C)cc2)cc1. The van der Waals surface area contributed by atoms with Crippen molar-refractivity contribution in [2.75, 3.05) is 10.6 Å². The van der Waals surface area contributed by atoms with Gasteiger partial charge in [-0.25, -0.2) is 4.79 Å². The van der Waals surface area contributed by atoms with Crippen LogP contribution in [0, 0.1) is 6.92 Å². The molecule has 3 rings (SSSR count). The van der Waals surface area contributed by atoms with E-state index in [4.69, 9.17) is 0 Å². The Morgan fingerprint density at radius 3 is 1.73 bits per heavy atom. The van der Waals surface area contributed by atoms with E-state index in [0.29, 0.717) is 11.8 Å². The second-order valence-electron chi connectivity index (χ2n) is 8.14. The number of nitrogens with one attached hydrogen (secondary N) is 2. The molecule has 2 N–H and O–H groups in total. The zero-order valence-corrected chi connectivity index (χ0v) is 19.1. The first-order valence-electron chi connectivity index (χ1n) is 10.4. The monoisotopic (exact) mass is 418 g/mol. The smallest absolute Gasteiger partial charge is 0.308 e. The molecule has 0 spiro atoms. The Bertz CT molecular complexity index is 966. The number of benzene rings is 3. The minimum Gasteiger partial charge on any atom is -0.308 e. The van der Waals surface area contributed by atoms with Gasteiger partial charge in [0.05, 0.1) is 0 Å². The van der Waals surface area contributed by atoms with Gasteiger partial charge in [-0.2, -0.15) is 0 Å². The van der Waals surface area contributed by atoms with Crippen molar-refractivity contribution < 1.29 is 4.79 Å². The van der Waals surface area contributed by atoms with Crippen LogP contribution in [0.25, 0.3) is 0 Å². The number of urea groups is 1. The van der Waals surface area contributed by atoms with Crippen molar-refractivity contribution >= 4 is 29.2 Å². The second kappa shape index (κ2) is 9.86. The summed E-state index contributed by atoms with van der Waals surface area (Å²) in [6.45, 7) is 10.7. The van der Waals surface area contributed by atoms with Crippen LogP contribution in [-0.2, 0) is 0 Å². The Morgan fingerprint density at radius 2 is 1.23 bits per heavy atom. The molecule has 4 heteroatoms. The van der Waals surface area contributed by atoms with Crippen LogP contribution in [0.5, 0.6) is 0 Å². The van der Waals surface area contributed by atoms with Crippen LogP contribution in [0.4, 0.5) is 16.2 Å². The highest BCUT2D eigenvalue weighted by Gasteiger charge is 2.16. The van der Waals surface area contributed by atoms with Crippen LogP contribution in [0.15, 0.2) is 76.5 Å². The molecule has 30 heavy (non-hydrogen) atoms. The van der Waals surface area contributed by atoms with E-state index in [1.54, 1.807) is 11.8 Å². The van der Waals surface area contributed by atoms with E-state index in [1.807, 2.05) is 24.3 Å². The highest BCUT2D eigenvalue weighted by molar-refractivity contribution is 7.99. The highest BCUT2D eigenvalue weighted by Crippen LogP contribution is 2.33. The molecule has 0 unspecified atom stereocenters. The summed E-state index contributed by atoms with van der Waals surface area (Å²) in [6.07, 6.45) is 0. The maximum absolute atomic E-state index is 12.7. The lowest BCUT2D eigenvalue weighted by Gasteiger charge is -2.20. The molecule has 0 aliphatic rings. The molecule has 0 radical (unpaired) electrons. The van der Waals surface area contributed by atoms with Gasteiger partial charge in [-0.1, -0.05) is 75.4 Å². The molecule has 3 nitrogen and oxygen atoms in total. The van der Waals surface area contributed by atoms with E-state index in [1.165, 1.54) is 10.5 Å². The number of rotatable bonds is 6. The fraction of sp³-hybridized carbons (Fsp3) is 0.269. The molecule has 0 saturated heterocycles. The van der Waals surface area contributed by atoms with E-state index < -0.39 is 0 Å². The Morgan fingerprint density at radius 1 is 0.733 bits per heavy atom. The summed E-state index contributed by atoms with van der Waals surface area (Å²) in [6, 6.07) is 22.4. The predicted octanol–water partition coefficient (Wildman–Crippen LogP) is 8.04. The fourth-order valence-electron chi connectivity index (χ4n) is 3.32. The van der Waals surface area contributed by atoms with Crippen LogP contribution >= 0.6 is 11.8 Å². The average molecular weight is 419 g/mol. The summed E-state index contributed by atoms with van der Waals surface area (Å²) in [5.74, 6) is 0.661. The quantitative estimate of drug-likeness (QED) is 0.425. The molecule has 0 aromatic heterocycles. The number of hydrogen-bond donors (Lipinski definition) is 2. The molecule has 0 bridgehead atoms. The summed E-state index contributed by atoms with van der Waals surface area (Å²) in [7, 11) is 0. The average Bonchev–Trinajstić information content (AvgIpc) is 2.71. The van der Waals surface area contributed by atoms with E-state index >= 15 is 0 Å². The normalized spacial score (nSPS) is 11.0. The third-order valence-corrected chi connectivity index (χ3v) is 6.00. The first-order valence-corrected chi connectivity index (χ1v) is 11.2. The molecule has 0 saturated carbocycles. The Kier molecular flexibility index (Phi) is 7.22. The summed E-state index contributed by atoms with van der Waals surface area (Å²) < 4.78 is 0. The van der Waals surface area contributed by atoms with Crippen molar-refractivity contribution in [2.45, 2.75) is 56.2 Å². The molecule has 0 fully saturated rings. The summed E-state index contributed by atoms with van der Waals surface area (Å²) >= 11 is 1.71. The van der Waals surface area contributed by atoms with Crippen molar-refractivity contribution in [1.82, 2.24) is 0 Å². The number of carbonyl (C=O) groups excluding carboxylic acids is 1. The van der Waals surface area contributed by atoms with Gasteiger partial charge in [-0.05, 0) is 66.3 Å². The topological polar surface area (TPSA) is 41.1 Å². The molecule has 3 aromatic rings. The molecule has 2 amide bonds. The molecular weight excluding hydrogens is 388 g/mol. The Hall–Kier alpha value is -2.72.